The predicted octanol–water partition coefficient (Wildman–Crippen LogP) is 4.26. The van der Waals surface area contributed by atoms with Gasteiger partial charge in [-0.1, -0.05) is 44.0 Å². The molecule has 206 valence electrons. The van der Waals surface area contributed by atoms with E-state index in [4.69, 9.17) is 5.73 Å². The summed E-state index contributed by atoms with van der Waals surface area (Å²) in [4.78, 5) is 12.8. The predicted molar refractivity (Wildman–Crippen MR) is 154 cm³/mol. The molecule has 3 aromatic rings. The van der Waals surface area contributed by atoms with Gasteiger partial charge in [0.25, 0.3) is 5.91 Å². The van der Waals surface area contributed by atoms with Crippen molar-refractivity contribution in [3.8, 4) is 0 Å². The number of hydrogen-bond donors (Lipinski definition) is 4. The third-order valence-electron chi connectivity index (χ3n) is 8.68. The Morgan fingerprint density at radius 2 is 1.67 bits per heavy atom. The molecule has 2 atom stereocenters. The van der Waals surface area contributed by atoms with E-state index in [1.54, 1.807) is 0 Å². The van der Waals surface area contributed by atoms with E-state index in [1.807, 2.05) is 13.0 Å². The summed E-state index contributed by atoms with van der Waals surface area (Å²) < 4.78 is 0. The minimum absolute atomic E-state index is 0.0198. The fraction of sp³-hybridized carbons (Fsp3) is 0.484. The highest BCUT2D eigenvalue weighted by Gasteiger charge is 2.46. The highest BCUT2D eigenvalue weighted by atomic mass is 16.1. The number of H-pyrrole nitrogens is 1. The number of tetrazole rings is 1. The fourth-order valence-corrected chi connectivity index (χ4v) is 6.75. The first kappa shape index (κ1) is 27.1. The van der Waals surface area contributed by atoms with Crippen molar-refractivity contribution in [2.24, 2.45) is 11.7 Å². The molecule has 0 spiro atoms. The lowest BCUT2D eigenvalue weighted by Crippen LogP contribution is -2.43. The normalized spacial score (nSPS) is 19.9. The van der Waals surface area contributed by atoms with Gasteiger partial charge in [-0.3, -0.25) is 4.79 Å². The molecule has 2 aliphatic carbocycles. The van der Waals surface area contributed by atoms with E-state index >= 15 is 0 Å². The Balaban J connectivity index is 1.71. The summed E-state index contributed by atoms with van der Waals surface area (Å²) >= 11 is 0. The molecule has 2 aromatic carbocycles. The molecular weight excluding hydrogens is 486 g/mol. The molecule has 0 aliphatic heterocycles. The molecular formula is C31H41N7O. The number of hydrogen-bond acceptors (Lipinski definition) is 6. The van der Waals surface area contributed by atoms with Crippen LogP contribution in [0.2, 0.25) is 0 Å². The third kappa shape index (κ3) is 5.22. The molecule has 0 radical (unpaired) electrons. The standard InChI is InChI=1S/C31H41N7O/c1-4-33-20(3)22-13-15-26-23(17-22)11-12-24-18-25(29(39)34-5-2)14-16-27(24)31(26,30-35-37-38-36-30)19-28(32)21-9-7-6-8-10-21/h13-18,21,28,33H,3-12,19,32H2,1-2H3,(H,34,39)(H,35,36,37,38)/t28-,31?/m0/s1. The van der Waals surface area contributed by atoms with E-state index < -0.39 is 5.41 Å². The molecule has 8 heteroatoms. The van der Waals surface area contributed by atoms with Gasteiger partial charge < -0.3 is 16.4 Å². The van der Waals surface area contributed by atoms with Crippen molar-refractivity contribution in [1.82, 2.24) is 31.3 Å². The first-order valence-electron chi connectivity index (χ1n) is 14.5. The van der Waals surface area contributed by atoms with Gasteiger partial charge in [0.2, 0.25) is 0 Å². The monoisotopic (exact) mass is 527 g/mol. The molecule has 2 aliphatic rings. The summed E-state index contributed by atoms with van der Waals surface area (Å²) in [6.45, 7) is 9.67. The quantitative estimate of drug-likeness (QED) is 0.330. The summed E-state index contributed by atoms with van der Waals surface area (Å²) in [6, 6.07) is 12.7. The largest absolute Gasteiger partial charge is 0.385 e. The Hall–Kier alpha value is -3.52. The maximum Gasteiger partial charge on any atom is 0.251 e. The second-order valence-corrected chi connectivity index (χ2v) is 11.0. The lowest BCUT2D eigenvalue weighted by molar-refractivity contribution is 0.0955. The summed E-state index contributed by atoms with van der Waals surface area (Å²) in [7, 11) is 0. The van der Waals surface area contributed by atoms with Crippen molar-refractivity contribution in [1.29, 1.82) is 0 Å². The Bertz CT molecular complexity index is 1240. The lowest BCUT2D eigenvalue weighted by Gasteiger charge is -2.39. The van der Waals surface area contributed by atoms with E-state index in [1.165, 1.54) is 30.4 Å². The number of benzene rings is 2. The molecule has 1 saturated carbocycles. The van der Waals surface area contributed by atoms with Crippen molar-refractivity contribution in [2.75, 3.05) is 13.1 Å². The zero-order valence-corrected chi connectivity index (χ0v) is 23.2. The number of fused-ring (bicyclic) bond motifs is 2. The molecule has 8 nitrogen and oxygen atoms in total. The number of nitrogens with two attached hydrogens (primary N) is 1. The van der Waals surface area contributed by atoms with E-state index in [0.29, 0.717) is 30.3 Å². The van der Waals surface area contributed by atoms with Crippen molar-refractivity contribution < 1.29 is 4.79 Å². The number of carbonyl (C=O) groups is 1. The topological polar surface area (TPSA) is 122 Å². The molecule has 1 amide bonds. The highest BCUT2D eigenvalue weighted by Crippen LogP contribution is 2.48. The molecule has 1 unspecified atom stereocenters. The van der Waals surface area contributed by atoms with Gasteiger partial charge in [-0.05, 0) is 108 Å². The highest BCUT2D eigenvalue weighted by molar-refractivity contribution is 5.94. The van der Waals surface area contributed by atoms with Gasteiger partial charge in [0, 0.05) is 30.4 Å². The Labute approximate surface area is 231 Å². The van der Waals surface area contributed by atoms with Crippen LogP contribution in [-0.2, 0) is 18.3 Å². The number of amides is 1. The van der Waals surface area contributed by atoms with Crippen LogP contribution in [0, 0.1) is 5.92 Å². The number of rotatable bonds is 9. The van der Waals surface area contributed by atoms with E-state index in [0.717, 1.165) is 54.6 Å². The molecule has 0 saturated heterocycles. The van der Waals surface area contributed by atoms with E-state index in [-0.39, 0.29) is 11.9 Å². The minimum Gasteiger partial charge on any atom is -0.385 e. The van der Waals surface area contributed by atoms with Gasteiger partial charge >= 0.3 is 0 Å². The molecule has 0 bridgehead atoms. The smallest absolute Gasteiger partial charge is 0.251 e. The van der Waals surface area contributed by atoms with Crippen molar-refractivity contribution in [2.45, 2.75) is 76.7 Å². The zero-order chi connectivity index (χ0) is 27.4. The van der Waals surface area contributed by atoms with Crippen molar-refractivity contribution >= 4 is 11.6 Å². The van der Waals surface area contributed by atoms with Crippen LogP contribution in [0.5, 0.6) is 0 Å². The van der Waals surface area contributed by atoms with Gasteiger partial charge in [-0.15, -0.1) is 5.10 Å². The molecule has 5 rings (SSSR count). The Morgan fingerprint density at radius 3 is 2.28 bits per heavy atom. The number of nitrogens with one attached hydrogen (secondary N) is 3. The first-order valence-corrected chi connectivity index (χ1v) is 14.5. The van der Waals surface area contributed by atoms with Gasteiger partial charge in [0.1, 0.15) is 0 Å². The van der Waals surface area contributed by atoms with Crippen LogP contribution in [0.15, 0.2) is 43.0 Å². The second-order valence-electron chi connectivity index (χ2n) is 11.0. The van der Waals surface area contributed by atoms with Crippen LogP contribution in [-0.4, -0.2) is 45.7 Å². The molecule has 5 N–H and O–H groups in total. The number of aryl methyl sites for hydroxylation is 2. The SMILES string of the molecule is C=C(NCC)c1ccc2c(c1)CCc1cc(C(=O)NCC)ccc1C2(C[C@H](N)C1CCCCC1)c1nnn[nH]1. The summed E-state index contributed by atoms with van der Waals surface area (Å²) in [5, 5.41) is 22.0. The van der Waals surface area contributed by atoms with Crippen LogP contribution in [0.3, 0.4) is 0 Å². The van der Waals surface area contributed by atoms with Crippen LogP contribution >= 0.6 is 0 Å². The van der Waals surface area contributed by atoms with Crippen LogP contribution in [0.1, 0.15) is 96.4 Å². The van der Waals surface area contributed by atoms with Gasteiger partial charge in [0.15, 0.2) is 5.82 Å². The molecule has 1 fully saturated rings. The summed E-state index contributed by atoms with van der Waals surface area (Å²) in [5.41, 5.74) is 13.7. The van der Waals surface area contributed by atoms with Crippen LogP contribution in [0.4, 0.5) is 0 Å². The van der Waals surface area contributed by atoms with E-state index in [9.17, 15) is 4.79 Å². The van der Waals surface area contributed by atoms with E-state index in [2.05, 4.69) is 75.1 Å². The van der Waals surface area contributed by atoms with Gasteiger partial charge in [0.05, 0.1) is 5.41 Å². The number of aromatic nitrogens is 4. The third-order valence-corrected chi connectivity index (χ3v) is 8.68. The van der Waals surface area contributed by atoms with Crippen molar-refractivity contribution in [3.63, 3.8) is 0 Å². The fourth-order valence-electron chi connectivity index (χ4n) is 6.75. The number of nitrogens with zero attached hydrogens (tertiary/aromatic N) is 3. The maximum absolute atomic E-state index is 12.8. The van der Waals surface area contributed by atoms with Gasteiger partial charge in [-0.25, -0.2) is 5.10 Å². The Morgan fingerprint density at radius 1 is 1.03 bits per heavy atom. The number of aromatic amines is 1. The number of carbonyl (C=O) groups excluding carboxylic acids is 1. The summed E-state index contributed by atoms with van der Waals surface area (Å²) in [6.07, 6.45) is 8.37. The molecule has 39 heavy (non-hydrogen) atoms. The average Bonchev–Trinajstić information content (AvgIpc) is 3.47. The van der Waals surface area contributed by atoms with Crippen molar-refractivity contribution in [3.05, 3.63) is 82.2 Å². The maximum atomic E-state index is 12.8. The second kappa shape index (κ2) is 11.7. The molecule has 1 aromatic heterocycles. The first-order chi connectivity index (χ1) is 19.0. The lowest BCUT2D eigenvalue weighted by atomic mass is 9.65. The molecule has 1 heterocycles. The summed E-state index contributed by atoms with van der Waals surface area (Å²) in [5.74, 6) is 1.10. The van der Waals surface area contributed by atoms with Crippen LogP contribution < -0.4 is 16.4 Å². The van der Waals surface area contributed by atoms with Crippen LogP contribution in [0.25, 0.3) is 5.70 Å². The van der Waals surface area contributed by atoms with Gasteiger partial charge in [-0.2, -0.15) is 0 Å². The zero-order valence-electron chi connectivity index (χ0n) is 23.2. The average molecular weight is 528 g/mol. The Kier molecular flexibility index (Phi) is 8.12. The minimum atomic E-state index is -0.667.